The number of benzene rings is 2. The van der Waals surface area contributed by atoms with E-state index in [2.05, 4.69) is 69.3 Å². The van der Waals surface area contributed by atoms with Crippen LogP contribution < -0.4 is 10.4 Å². The Morgan fingerprint density at radius 3 is 1.84 bits per heavy atom. The number of amides is 1. The van der Waals surface area contributed by atoms with Gasteiger partial charge >= 0.3 is 6.09 Å². The number of nitrogens with zero attached hydrogens (tertiary/aromatic N) is 1. The molecule has 2 N–H and O–H groups in total. The molecule has 5 nitrogen and oxygen atoms in total. The van der Waals surface area contributed by atoms with Crippen molar-refractivity contribution >= 4 is 24.5 Å². The van der Waals surface area contributed by atoms with Gasteiger partial charge in [0.15, 0.2) is 5.72 Å². The van der Waals surface area contributed by atoms with Crippen LogP contribution in [0, 0.1) is 0 Å². The molecule has 32 heavy (non-hydrogen) atoms. The van der Waals surface area contributed by atoms with E-state index in [4.69, 9.17) is 4.74 Å². The van der Waals surface area contributed by atoms with Gasteiger partial charge in [0.25, 0.3) is 0 Å². The first kappa shape index (κ1) is 24.5. The zero-order valence-corrected chi connectivity index (χ0v) is 21.1. The Balaban J connectivity index is 2.19. The Morgan fingerprint density at radius 1 is 1.00 bits per heavy atom. The molecule has 3 rings (SSSR count). The van der Waals surface area contributed by atoms with Crippen LogP contribution >= 0.6 is 0 Å². The fourth-order valence-electron chi connectivity index (χ4n) is 5.48. The smallest absolute Gasteiger partial charge is 0.412 e. The van der Waals surface area contributed by atoms with Gasteiger partial charge in [-0.05, 0) is 31.4 Å². The highest BCUT2D eigenvalue weighted by molar-refractivity contribution is 7.05. The number of aliphatic hydroxyl groups excluding tert-OH is 1. The van der Waals surface area contributed by atoms with Crippen LogP contribution in [0.1, 0.15) is 48.0 Å². The molecule has 1 aliphatic heterocycles. The van der Waals surface area contributed by atoms with Gasteiger partial charge in [-0.3, -0.25) is 4.90 Å². The third kappa shape index (κ3) is 4.36. The highest BCUT2D eigenvalue weighted by Crippen LogP contribution is 2.50. The first-order valence-corrected chi connectivity index (χ1v) is 13.4. The Morgan fingerprint density at radius 2 is 1.47 bits per heavy atom. The molecule has 1 aliphatic rings. The Labute approximate surface area is 193 Å². The molecular weight excluding hydrogens is 418 g/mol. The average Bonchev–Trinajstić information content (AvgIpc) is 3.06. The summed E-state index contributed by atoms with van der Waals surface area (Å²) < 4.78 is 5.61. The van der Waals surface area contributed by atoms with E-state index in [0.717, 1.165) is 0 Å². The lowest BCUT2D eigenvalue weighted by Crippen LogP contribution is -2.67. The third-order valence-electron chi connectivity index (χ3n) is 6.60. The first-order valence-electron chi connectivity index (χ1n) is 11.3. The van der Waals surface area contributed by atoms with Crippen LogP contribution in [0.3, 0.4) is 0 Å². The highest BCUT2D eigenvalue weighted by Gasteiger charge is 2.60. The Hall–Kier alpha value is -2.15. The van der Waals surface area contributed by atoms with Gasteiger partial charge in [-0.1, -0.05) is 91.8 Å². The molecule has 174 valence electrons. The van der Waals surface area contributed by atoms with E-state index in [1.165, 1.54) is 15.3 Å². The van der Waals surface area contributed by atoms with Crippen LogP contribution in [-0.2, 0) is 4.74 Å². The van der Waals surface area contributed by atoms with E-state index in [-0.39, 0.29) is 10.6 Å². The maximum Gasteiger partial charge on any atom is 0.412 e. The largest absolute Gasteiger partial charge is 0.444 e. The van der Waals surface area contributed by atoms with Crippen molar-refractivity contribution < 1.29 is 19.7 Å². The second-order valence-corrected chi connectivity index (χ2v) is 16.0. The molecular formula is C26H37NO4Si. The van der Waals surface area contributed by atoms with Gasteiger partial charge in [0.05, 0.1) is 6.61 Å². The van der Waals surface area contributed by atoms with E-state index >= 15 is 0 Å². The quantitative estimate of drug-likeness (QED) is 0.689. The van der Waals surface area contributed by atoms with Crippen molar-refractivity contribution in [1.29, 1.82) is 0 Å². The topological polar surface area (TPSA) is 70.0 Å². The summed E-state index contributed by atoms with van der Waals surface area (Å²) >= 11 is 0. The summed E-state index contributed by atoms with van der Waals surface area (Å²) in [5, 5.41) is 24.0. The molecule has 2 aromatic rings. The summed E-state index contributed by atoms with van der Waals surface area (Å²) in [6.07, 6.45) is -0.287. The van der Waals surface area contributed by atoms with Gasteiger partial charge in [0.2, 0.25) is 0 Å². The van der Waals surface area contributed by atoms with Crippen molar-refractivity contribution in [2.45, 2.75) is 69.9 Å². The lowest BCUT2D eigenvalue weighted by molar-refractivity contribution is -0.111. The molecule has 1 heterocycles. The summed E-state index contributed by atoms with van der Waals surface area (Å²) in [5.41, 5.74) is -2.36. The minimum Gasteiger partial charge on any atom is -0.444 e. The van der Waals surface area contributed by atoms with Gasteiger partial charge < -0.3 is 14.9 Å². The lowest BCUT2D eigenvalue weighted by Gasteiger charge is -2.48. The molecule has 0 unspecified atom stereocenters. The summed E-state index contributed by atoms with van der Waals surface area (Å²) in [6, 6.07) is 21.0. The van der Waals surface area contributed by atoms with Crippen LogP contribution in [-0.4, -0.2) is 53.8 Å². The standard InChI is InChI=1S/C26H37NO4Si/c1-24(2,3)31-23(29)27-18-22(17-26(27,30)19-28)32(25(4,5)6,20-13-9-7-10-14-20)21-15-11-8-12-16-21/h7-16,22,28,30H,17-19H2,1-6H3/t22-,26+/m1/s1. The van der Waals surface area contributed by atoms with Crippen LogP contribution in [0.5, 0.6) is 0 Å². The van der Waals surface area contributed by atoms with Gasteiger partial charge in [-0.2, -0.15) is 0 Å². The molecule has 0 aromatic heterocycles. The van der Waals surface area contributed by atoms with Crippen molar-refractivity contribution in [2.75, 3.05) is 13.2 Å². The number of carbonyl (C=O) groups excluding carboxylic acids is 1. The molecule has 2 atom stereocenters. The molecule has 0 radical (unpaired) electrons. The lowest BCUT2D eigenvalue weighted by atomic mass is 10.1. The van der Waals surface area contributed by atoms with Gasteiger partial charge in [0.1, 0.15) is 13.7 Å². The molecule has 0 bridgehead atoms. The zero-order valence-electron chi connectivity index (χ0n) is 20.1. The molecule has 6 heteroatoms. The minimum atomic E-state index is -2.59. The second-order valence-electron chi connectivity index (χ2n) is 10.9. The molecule has 1 amide bonds. The number of carbonyl (C=O) groups is 1. The van der Waals surface area contributed by atoms with E-state index in [9.17, 15) is 15.0 Å². The number of ether oxygens (including phenoxy) is 1. The normalized spacial score (nSPS) is 22.1. The van der Waals surface area contributed by atoms with E-state index in [1.807, 2.05) is 12.1 Å². The van der Waals surface area contributed by atoms with Crippen molar-refractivity contribution in [3.05, 3.63) is 60.7 Å². The van der Waals surface area contributed by atoms with Crippen LogP contribution in [0.2, 0.25) is 10.6 Å². The number of hydrogen-bond acceptors (Lipinski definition) is 4. The first-order chi connectivity index (χ1) is 14.8. The van der Waals surface area contributed by atoms with Gasteiger partial charge in [-0.25, -0.2) is 4.79 Å². The van der Waals surface area contributed by atoms with E-state index < -0.39 is 32.1 Å². The maximum atomic E-state index is 13.1. The fourth-order valence-corrected chi connectivity index (χ4v) is 12.2. The van der Waals surface area contributed by atoms with Crippen LogP contribution in [0.4, 0.5) is 4.79 Å². The number of aliphatic hydroxyl groups is 2. The third-order valence-corrected chi connectivity index (χ3v) is 13.1. The van der Waals surface area contributed by atoms with Gasteiger partial charge in [0, 0.05) is 13.0 Å². The second kappa shape index (κ2) is 8.65. The monoisotopic (exact) mass is 455 g/mol. The highest BCUT2D eigenvalue weighted by atomic mass is 28.3. The van der Waals surface area contributed by atoms with Crippen molar-refractivity contribution in [2.24, 2.45) is 0 Å². The van der Waals surface area contributed by atoms with Crippen LogP contribution in [0.25, 0.3) is 0 Å². The predicted molar refractivity (Wildman–Crippen MR) is 131 cm³/mol. The average molecular weight is 456 g/mol. The molecule has 2 aromatic carbocycles. The van der Waals surface area contributed by atoms with Crippen molar-refractivity contribution in [3.8, 4) is 0 Å². The van der Waals surface area contributed by atoms with Crippen molar-refractivity contribution in [1.82, 2.24) is 4.90 Å². The molecule has 0 aliphatic carbocycles. The van der Waals surface area contributed by atoms with E-state index in [0.29, 0.717) is 13.0 Å². The minimum absolute atomic E-state index is 0.0167. The number of likely N-dealkylation sites (tertiary alicyclic amines) is 1. The van der Waals surface area contributed by atoms with E-state index in [1.54, 1.807) is 20.8 Å². The summed E-state index contributed by atoms with van der Waals surface area (Å²) in [5.74, 6) is 0. The summed E-state index contributed by atoms with van der Waals surface area (Å²) in [7, 11) is -2.59. The summed E-state index contributed by atoms with van der Waals surface area (Å²) in [4.78, 5) is 14.4. The fraction of sp³-hybridized carbons (Fsp3) is 0.500. The van der Waals surface area contributed by atoms with Crippen LogP contribution in [0.15, 0.2) is 60.7 Å². The van der Waals surface area contributed by atoms with Crippen molar-refractivity contribution in [3.63, 3.8) is 0 Å². The Bertz CT molecular complexity index is 881. The maximum absolute atomic E-state index is 13.1. The van der Waals surface area contributed by atoms with Gasteiger partial charge in [-0.15, -0.1) is 0 Å². The Kier molecular flexibility index (Phi) is 6.62. The number of rotatable bonds is 4. The zero-order chi connectivity index (χ0) is 23.8. The predicted octanol–water partition coefficient (Wildman–Crippen LogP) is 3.74. The molecule has 0 spiro atoms. The molecule has 1 saturated heterocycles. The SMILES string of the molecule is CC(C)(C)OC(=O)N1C[C@H]([Si](c2ccccc2)(c2ccccc2)C(C)(C)C)C[C@]1(O)CO. The summed E-state index contributed by atoms with van der Waals surface area (Å²) in [6.45, 7) is 12.0. The molecule has 0 saturated carbocycles. The number of hydrogen-bond donors (Lipinski definition) is 2. The molecule has 1 fully saturated rings.